The first kappa shape index (κ1) is 16.4. The number of aliphatic imine (C=N–C) groups is 1. The maximum absolute atomic E-state index is 13.0. The molecule has 0 aromatic heterocycles. The van der Waals surface area contributed by atoms with Crippen LogP contribution >= 0.6 is 15.9 Å². The number of esters is 1. The van der Waals surface area contributed by atoms with Gasteiger partial charge in [0.25, 0.3) is 0 Å². The monoisotopic (exact) mass is 395 g/mol. The van der Waals surface area contributed by atoms with Crippen LogP contribution in [0.25, 0.3) is 6.08 Å². The molecule has 1 aliphatic heterocycles. The Morgan fingerprint density at radius 3 is 2.54 bits per heavy atom. The number of cyclic esters (lactones) is 1. The van der Waals surface area contributed by atoms with Crippen LogP contribution in [0.2, 0.25) is 0 Å². The summed E-state index contributed by atoms with van der Waals surface area (Å²) in [7, 11) is 0. The lowest BCUT2D eigenvalue weighted by Gasteiger charge is -2.09. The molecule has 0 bridgehead atoms. The predicted molar refractivity (Wildman–Crippen MR) is 86.2 cm³/mol. The van der Waals surface area contributed by atoms with E-state index in [0.29, 0.717) is 5.56 Å². The molecule has 0 spiro atoms. The van der Waals surface area contributed by atoms with Gasteiger partial charge in [-0.05, 0) is 35.9 Å². The molecule has 0 unspecified atom stereocenters. The van der Waals surface area contributed by atoms with E-state index in [1.165, 1.54) is 18.2 Å². The second-order valence-corrected chi connectivity index (χ2v) is 5.85. The predicted octanol–water partition coefficient (Wildman–Crippen LogP) is 4.81. The van der Waals surface area contributed by atoms with E-state index in [0.717, 1.165) is 16.6 Å². The molecule has 3 rings (SSSR count). The highest BCUT2D eigenvalue weighted by molar-refractivity contribution is 9.10. The largest absolute Gasteiger partial charge is 0.416 e. The quantitative estimate of drug-likeness (QED) is 0.540. The van der Waals surface area contributed by atoms with E-state index in [9.17, 15) is 18.0 Å². The van der Waals surface area contributed by atoms with Gasteiger partial charge in [-0.25, -0.2) is 9.79 Å². The molecule has 122 valence electrons. The van der Waals surface area contributed by atoms with E-state index >= 15 is 0 Å². The Hall–Kier alpha value is -2.41. The fourth-order valence-corrected chi connectivity index (χ4v) is 2.58. The van der Waals surface area contributed by atoms with Crippen LogP contribution in [-0.4, -0.2) is 11.9 Å². The Kier molecular flexibility index (Phi) is 4.28. The van der Waals surface area contributed by atoms with Crippen molar-refractivity contribution in [2.45, 2.75) is 6.18 Å². The van der Waals surface area contributed by atoms with Gasteiger partial charge in [0.2, 0.25) is 5.90 Å². The molecular weight excluding hydrogens is 387 g/mol. The minimum absolute atomic E-state index is 0.0528. The van der Waals surface area contributed by atoms with E-state index in [-0.39, 0.29) is 17.2 Å². The number of hydrogen-bond acceptors (Lipinski definition) is 3. The number of alkyl halides is 3. The number of benzene rings is 2. The summed E-state index contributed by atoms with van der Waals surface area (Å²) < 4.78 is 44.9. The van der Waals surface area contributed by atoms with Crippen LogP contribution in [0.1, 0.15) is 16.7 Å². The first-order chi connectivity index (χ1) is 11.3. The number of halogens is 4. The molecule has 0 saturated carbocycles. The third-order valence-corrected chi connectivity index (χ3v) is 3.74. The van der Waals surface area contributed by atoms with Crippen LogP contribution in [0.5, 0.6) is 0 Å². The summed E-state index contributed by atoms with van der Waals surface area (Å²) in [5.41, 5.74) is -0.612. The topological polar surface area (TPSA) is 38.7 Å². The van der Waals surface area contributed by atoms with Crippen molar-refractivity contribution < 1.29 is 22.7 Å². The van der Waals surface area contributed by atoms with Crippen LogP contribution in [0, 0.1) is 0 Å². The van der Waals surface area contributed by atoms with Gasteiger partial charge < -0.3 is 4.74 Å². The zero-order chi connectivity index (χ0) is 17.3. The van der Waals surface area contributed by atoms with Gasteiger partial charge in [0.05, 0.1) is 5.56 Å². The number of hydrogen-bond donors (Lipinski definition) is 0. The van der Waals surface area contributed by atoms with Crippen molar-refractivity contribution in [2.75, 3.05) is 0 Å². The molecule has 0 saturated heterocycles. The molecule has 0 N–H and O–H groups in total. The molecule has 1 heterocycles. The van der Waals surface area contributed by atoms with E-state index in [1.807, 2.05) is 0 Å². The van der Waals surface area contributed by atoms with Gasteiger partial charge in [0.1, 0.15) is 0 Å². The Morgan fingerprint density at radius 2 is 1.83 bits per heavy atom. The number of ether oxygens (including phenoxy) is 1. The third-order valence-electron chi connectivity index (χ3n) is 3.25. The molecule has 2 aromatic rings. The van der Waals surface area contributed by atoms with Crippen molar-refractivity contribution in [2.24, 2.45) is 4.99 Å². The lowest BCUT2D eigenvalue weighted by atomic mass is 10.1. The van der Waals surface area contributed by atoms with Crippen molar-refractivity contribution >= 4 is 33.9 Å². The highest BCUT2D eigenvalue weighted by Crippen LogP contribution is 2.33. The lowest BCUT2D eigenvalue weighted by Crippen LogP contribution is -2.08. The smallest absolute Gasteiger partial charge is 0.402 e. The minimum atomic E-state index is -4.52. The van der Waals surface area contributed by atoms with Gasteiger partial charge in [-0.2, -0.15) is 13.2 Å². The summed E-state index contributed by atoms with van der Waals surface area (Å²) in [5.74, 6) is -0.737. The fraction of sp³-hybridized carbons (Fsp3) is 0.0588. The summed E-state index contributed by atoms with van der Waals surface area (Å²) in [6, 6.07) is 11.9. The van der Waals surface area contributed by atoms with E-state index in [4.69, 9.17) is 4.74 Å². The first-order valence-electron chi connectivity index (χ1n) is 6.79. The zero-order valence-corrected chi connectivity index (χ0v) is 13.6. The van der Waals surface area contributed by atoms with Gasteiger partial charge >= 0.3 is 12.1 Å². The molecule has 0 fully saturated rings. The molecule has 2 aromatic carbocycles. The summed E-state index contributed by atoms with van der Waals surface area (Å²) in [4.78, 5) is 15.9. The minimum Gasteiger partial charge on any atom is -0.402 e. The summed E-state index contributed by atoms with van der Waals surface area (Å²) >= 11 is 3.29. The van der Waals surface area contributed by atoms with Crippen LogP contribution in [0.15, 0.2) is 63.7 Å². The molecule has 24 heavy (non-hydrogen) atoms. The van der Waals surface area contributed by atoms with Crippen molar-refractivity contribution in [3.8, 4) is 0 Å². The molecule has 0 radical (unpaired) electrons. The molecule has 3 nitrogen and oxygen atoms in total. The molecule has 0 aliphatic carbocycles. The van der Waals surface area contributed by atoms with Gasteiger partial charge in [0.15, 0.2) is 5.70 Å². The Balaban J connectivity index is 2.01. The second kappa shape index (κ2) is 6.24. The third kappa shape index (κ3) is 3.41. The van der Waals surface area contributed by atoms with E-state index in [2.05, 4.69) is 20.9 Å². The second-order valence-electron chi connectivity index (χ2n) is 4.93. The van der Waals surface area contributed by atoms with Gasteiger partial charge in [-0.3, -0.25) is 0 Å². The van der Waals surface area contributed by atoms with Crippen molar-refractivity contribution in [3.05, 3.63) is 75.4 Å². The normalized spacial score (nSPS) is 16.2. The number of nitrogens with zero attached hydrogens (tertiary/aromatic N) is 1. The average molecular weight is 396 g/mol. The number of carbonyl (C=O) groups is 1. The van der Waals surface area contributed by atoms with Gasteiger partial charge in [-0.15, -0.1) is 0 Å². The van der Waals surface area contributed by atoms with Crippen molar-refractivity contribution in [3.63, 3.8) is 0 Å². The standard InChI is InChI=1S/C17H9BrF3NO2/c18-12-6-3-5-11(8-12)15-22-14(16(23)24-15)9-10-4-1-2-7-13(10)17(19,20)21/h1-9H/b14-9-. The van der Waals surface area contributed by atoms with E-state index < -0.39 is 17.7 Å². The highest BCUT2D eigenvalue weighted by atomic mass is 79.9. The van der Waals surface area contributed by atoms with Crippen LogP contribution in [0.3, 0.4) is 0 Å². The Labute approximate surface area is 143 Å². The molecular formula is C17H9BrF3NO2. The first-order valence-corrected chi connectivity index (χ1v) is 7.58. The van der Waals surface area contributed by atoms with Crippen LogP contribution in [-0.2, 0) is 15.7 Å². The van der Waals surface area contributed by atoms with E-state index in [1.54, 1.807) is 24.3 Å². The fourth-order valence-electron chi connectivity index (χ4n) is 2.18. The maximum atomic E-state index is 13.0. The molecule has 0 atom stereocenters. The summed E-state index contributed by atoms with van der Waals surface area (Å²) in [6.07, 6.45) is -3.44. The van der Waals surface area contributed by atoms with Gasteiger partial charge in [0, 0.05) is 10.0 Å². The van der Waals surface area contributed by atoms with Crippen LogP contribution in [0.4, 0.5) is 13.2 Å². The SMILES string of the molecule is O=C1OC(c2cccc(Br)c2)=N/C1=C\c1ccccc1C(F)(F)F. The van der Waals surface area contributed by atoms with Crippen molar-refractivity contribution in [1.29, 1.82) is 0 Å². The molecule has 0 amide bonds. The Morgan fingerprint density at radius 1 is 1.08 bits per heavy atom. The van der Waals surface area contributed by atoms with Crippen LogP contribution < -0.4 is 0 Å². The molecule has 7 heteroatoms. The number of rotatable bonds is 2. The zero-order valence-electron chi connectivity index (χ0n) is 12.0. The van der Waals surface area contributed by atoms with Crippen molar-refractivity contribution in [1.82, 2.24) is 0 Å². The van der Waals surface area contributed by atoms with Gasteiger partial charge in [-0.1, -0.05) is 40.2 Å². The highest BCUT2D eigenvalue weighted by Gasteiger charge is 2.33. The molecule has 1 aliphatic rings. The average Bonchev–Trinajstić information content (AvgIpc) is 2.88. The Bertz CT molecular complexity index is 872. The lowest BCUT2D eigenvalue weighted by molar-refractivity contribution is -0.137. The summed E-state index contributed by atoms with van der Waals surface area (Å²) in [5, 5.41) is 0. The maximum Gasteiger partial charge on any atom is 0.416 e. The number of carbonyl (C=O) groups excluding carboxylic acids is 1. The summed E-state index contributed by atoms with van der Waals surface area (Å²) in [6.45, 7) is 0.